The molecule has 19 heteroatoms. The van der Waals surface area contributed by atoms with Crippen molar-refractivity contribution in [1.29, 1.82) is 0 Å². The van der Waals surface area contributed by atoms with Crippen molar-refractivity contribution in [2.75, 3.05) is 19.7 Å². The number of aliphatic hydroxyl groups is 1. The average molecular weight is 661 g/mol. The van der Waals surface area contributed by atoms with E-state index in [0.29, 0.717) is 18.4 Å². The van der Waals surface area contributed by atoms with Crippen LogP contribution in [0.4, 0.5) is 13.2 Å². The van der Waals surface area contributed by atoms with Gasteiger partial charge in [-0.3, -0.25) is 38.3 Å². The Morgan fingerprint density at radius 3 is 2.22 bits per heavy atom. The molecule has 16 nitrogen and oxygen atoms in total. The molecule has 254 valence electrons. The number of nitrogens with zero attached hydrogens (tertiary/aromatic N) is 2. The van der Waals surface area contributed by atoms with Crippen LogP contribution in [0.3, 0.4) is 0 Å². The van der Waals surface area contributed by atoms with Crippen LogP contribution in [0.2, 0.25) is 0 Å². The highest BCUT2D eigenvalue weighted by atomic mass is 19.4. The van der Waals surface area contributed by atoms with Crippen molar-refractivity contribution in [3.05, 3.63) is 65.2 Å². The van der Waals surface area contributed by atoms with E-state index in [1.807, 2.05) is 6.92 Å². The van der Waals surface area contributed by atoms with Crippen molar-refractivity contribution in [2.24, 2.45) is 5.92 Å². The summed E-state index contributed by atoms with van der Waals surface area (Å²) in [5.74, 6) is -2.93. The van der Waals surface area contributed by atoms with E-state index in [0.717, 1.165) is 10.8 Å². The summed E-state index contributed by atoms with van der Waals surface area (Å²) in [5, 5.41) is 15.3. The number of aliphatic hydroxyl groups excluding tert-OH is 1. The van der Waals surface area contributed by atoms with Crippen molar-refractivity contribution in [2.45, 2.75) is 83.1 Å². The highest BCUT2D eigenvalue weighted by molar-refractivity contribution is 5.81. The zero-order chi connectivity index (χ0) is 33.9. The van der Waals surface area contributed by atoms with Crippen LogP contribution in [0.5, 0.6) is 0 Å². The quantitative estimate of drug-likeness (QED) is 0.182. The fourth-order valence-electron chi connectivity index (χ4n) is 5.45. The van der Waals surface area contributed by atoms with E-state index in [9.17, 15) is 47.0 Å². The van der Waals surface area contributed by atoms with Gasteiger partial charge in [-0.25, -0.2) is 9.59 Å². The molecule has 2 saturated heterocycles. The van der Waals surface area contributed by atoms with E-state index >= 15 is 0 Å². The third kappa shape index (κ3) is 7.83. The van der Waals surface area contributed by atoms with E-state index in [-0.39, 0.29) is 30.6 Å². The summed E-state index contributed by atoms with van der Waals surface area (Å²) in [5.41, 5.74) is -2.29. The molecule has 0 saturated carbocycles. The number of alkyl halides is 3. The van der Waals surface area contributed by atoms with E-state index in [1.54, 1.807) is 12.2 Å². The predicted octanol–water partition coefficient (Wildman–Crippen LogP) is -1.15. The molecule has 0 radical (unpaired) electrons. The van der Waals surface area contributed by atoms with Crippen LogP contribution in [0.15, 0.2) is 31.6 Å². The van der Waals surface area contributed by atoms with E-state index in [1.165, 1.54) is 17.7 Å². The summed E-state index contributed by atoms with van der Waals surface area (Å²) >= 11 is 0. The van der Waals surface area contributed by atoms with Crippen LogP contribution in [0.1, 0.15) is 49.8 Å². The Hall–Kier alpha value is -4.07. The van der Waals surface area contributed by atoms with Gasteiger partial charge in [0, 0.05) is 43.0 Å². The maximum absolute atomic E-state index is 13.0. The maximum Gasteiger partial charge on any atom is 0.471 e. The summed E-state index contributed by atoms with van der Waals surface area (Å²) in [6.45, 7) is 3.48. The number of rotatable bonds is 11. The Labute approximate surface area is 257 Å². The number of aromatic nitrogens is 4. The van der Waals surface area contributed by atoms with Crippen molar-refractivity contribution < 1.29 is 42.1 Å². The summed E-state index contributed by atoms with van der Waals surface area (Å²) in [4.78, 5) is 76.9. The van der Waals surface area contributed by atoms with Gasteiger partial charge in [-0.05, 0) is 32.6 Å². The number of ether oxygens (including phenoxy) is 3. The van der Waals surface area contributed by atoms with Crippen LogP contribution < -0.4 is 33.1 Å². The largest absolute Gasteiger partial charge is 0.471 e. The monoisotopic (exact) mass is 660 g/mol. The van der Waals surface area contributed by atoms with Gasteiger partial charge in [-0.2, -0.15) is 13.2 Å². The number of carbonyl (C=O) groups excluding carboxylic acids is 2. The SMILES string of the molecule is CC[C@H]1O[C@@H](n2cc(C)c(=O)[nH]c2=O)C[C@@H]1CC(=O)NC[C@H]1O[C@@H](n2cc(C)c(=O)[nH]c2=O)[C@H](OCCNC(=O)C(F)(F)F)[C@@H]1O. The number of halogens is 3. The molecule has 2 aromatic rings. The lowest BCUT2D eigenvalue weighted by molar-refractivity contribution is -0.174. The number of aromatic amines is 2. The lowest BCUT2D eigenvalue weighted by Gasteiger charge is -2.22. The molecule has 2 aliphatic heterocycles. The summed E-state index contributed by atoms with van der Waals surface area (Å²) in [7, 11) is 0. The Morgan fingerprint density at radius 1 is 1.00 bits per heavy atom. The fraction of sp³-hybridized carbons (Fsp3) is 0.630. The summed E-state index contributed by atoms with van der Waals surface area (Å²) < 4.78 is 57.1. The summed E-state index contributed by atoms with van der Waals surface area (Å²) in [6, 6.07) is 0. The minimum absolute atomic E-state index is 0.0181. The van der Waals surface area contributed by atoms with Crippen LogP contribution >= 0.6 is 0 Å². The fourth-order valence-corrected chi connectivity index (χ4v) is 5.45. The first kappa shape index (κ1) is 34.8. The first-order chi connectivity index (χ1) is 21.6. The Balaban J connectivity index is 1.41. The minimum Gasteiger partial charge on any atom is -0.387 e. The third-order valence-corrected chi connectivity index (χ3v) is 7.86. The van der Waals surface area contributed by atoms with Gasteiger partial charge in [0.05, 0.1) is 12.7 Å². The number of nitrogens with one attached hydrogen (secondary N) is 4. The van der Waals surface area contributed by atoms with Gasteiger partial charge >= 0.3 is 23.5 Å². The number of aryl methyl sites for hydroxylation is 2. The maximum atomic E-state index is 13.0. The second-order valence-electron chi connectivity index (χ2n) is 11.1. The third-order valence-electron chi connectivity index (χ3n) is 7.86. The lowest BCUT2D eigenvalue weighted by atomic mass is 9.95. The number of H-pyrrole nitrogens is 2. The van der Waals surface area contributed by atoms with Crippen LogP contribution in [-0.2, 0) is 23.8 Å². The van der Waals surface area contributed by atoms with Gasteiger partial charge in [0.2, 0.25) is 5.91 Å². The lowest BCUT2D eigenvalue weighted by Crippen LogP contribution is -2.43. The van der Waals surface area contributed by atoms with Crippen molar-refractivity contribution in [3.63, 3.8) is 0 Å². The first-order valence-electron chi connectivity index (χ1n) is 14.5. The predicted molar refractivity (Wildman–Crippen MR) is 151 cm³/mol. The molecular formula is C27H35F3N6O10. The van der Waals surface area contributed by atoms with Crippen LogP contribution in [0, 0.1) is 19.8 Å². The normalized spacial score (nSPS) is 26.3. The minimum atomic E-state index is -5.11. The average Bonchev–Trinajstić information content (AvgIpc) is 3.52. The number of carbonyl (C=O) groups is 2. The van der Waals surface area contributed by atoms with Crippen molar-refractivity contribution in [1.82, 2.24) is 29.7 Å². The van der Waals surface area contributed by atoms with Gasteiger partial charge in [-0.1, -0.05) is 6.92 Å². The highest BCUT2D eigenvalue weighted by Gasteiger charge is 2.46. The zero-order valence-electron chi connectivity index (χ0n) is 25.1. The molecule has 2 aliphatic rings. The van der Waals surface area contributed by atoms with Gasteiger partial charge in [0.15, 0.2) is 6.23 Å². The molecule has 0 aliphatic carbocycles. The number of hydrogen-bond acceptors (Lipinski definition) is 10. The Bertz CT molecular complexity index is 1670. The molecule has 0 aromatic carbocycles. The van der Waals surface area contributed by atoms with E-state index in [2.05, 4.69) is 15.3 Å². The molecule has 0 unspecified atom stereocenters. The topological polar surface area (TPSA) is 216 Å². The second-order valence-corrected chi connectivity index (χ2v) is 11.1. The second kappa shape index (κ2) is 14.1. The van der Waals surface area contributed by atoms with E-state index in [4.69, 9.17) is 14.2 Å². The van der Waals surface area contributed by atoms with Gasteiger partial charge in [0.1, 0.15) is 24.5 Å². The number of amides is 2. The molecule has 5 N–H and O–H groups in total. The van der Waals surface area contributed by atoms with Gasteiger partial charge < -0.3 is 30.0 Å². The van der Waals surface area contributed by atoms with E-state index < -0.39 is 84.4 Å². The molecule has 2 aromatic heterocycles. The van der Waals surface area contributed by atoms with Crippen LogP contribution in [0.25, 0.3) is 0 Å². The zero-order valence-corrected chi connectivity index (χ0v) is 25.1. The molecule has 4 heterocycles. The van der Waals surface area contributed by atoms with Crippen LogP contribution in [-0.4, -0.2) is 86.3 Å². The van der Waals surface area contributed by atoms with Gasteiger partial charge in [-0.15, -0.1) is 0 Å². The number of hydrogen-bond donors (Lipinski definition) is 5. The highest BCUT2D eigenvalue weighted by Crippen LogP contribution is 2.36. The summed E-state index contributed by atoms with van der Waals surface area (Å²) in [6.07, 6.45) is -8.16. The van der Waals surface area contributed by atoms with Crippen molar-refractivity contribution >= 4 is 11.8 Å². The molecule has 4 rings (SSSR count). The Kier molecular flexibility index (Phi) is 10.7. The first-order valence-corrected chi connectivity index (χ1v) is 14.5. The van der Waals surface area contributed by atoms with Gasteiger partial charge in [0.25, 0.3) is 11.1 Å². The smallest absolute Gasteiger partial charge is 0.387 e. The molecule has 2 fully saturated rings. The standard InChI is InChI=1S/C27H35F3N6O10/c1-4-15-14(8-18(45-15)35-10-12(2)21(39)33-25(35)42)7-17(37)32-9-16-19(38)20(44-6-5-31-24(41)27(28,29)30)23(46-16)36-11-13(3)22(40)34-26(36)43/h10-11,14-16,18-20,23,38H,4-9H2,1-3H3,(H,31,41)(H,32,37)(H,33,39,42)(H,34,40,43)/t14-,15+,16+,18+,19+,20+,23+/m0/s1. The molecule has 46 heavy (non-hydrogen) atoms. The van der Waals surface area contributed by atoms with Crippen molar-refractivity contribution in [3.8, 4) is 0 Å². The molecule has 2 amide bonds. The molecule has 0 bridgehead atoms. The molecule has 0 spiro atoms. The molecular weight excluding hydrogens is 625 g/mol. The Morgan fingerprint density at radius 2 is 1.61 bits per heavy atom. The molecule has 7 atom stereocenters.